The standard InChI is InChI=1S/C29H30ClF3N4O4/c1-41-26(39)16-18-2-4-19(5-3-18)20-6-10-22(11-7-20)35-25(38)14-15-34-28(40)24-17-37(36-27(24)29(31,32)33)23-12-8-21(30)9-13-23/h6-13,17-19H,2-5,14-16H2,1H3,(H,34,40)(H,35,38)/t18-,19-. The van der Waals surface area contributed by atoms with Crippen molar-refractivity contribution in [1.82, 2.24) is 15.1 Å². The van der Waals surface area contributed by atoms with Crippen LogP contribution in [0.5, 0.6) is 0 Å². The van der Waals surface area contributed by atoms with Gasteiger partial charge in [-0.3, -0.25) is 14.4 Å². The lowest BCUT2D eigenvalue weighted by molar-refractivity contribution is -0.142. The minimum Gasteiger partial charge on any atom is -0.469 e. The summed E-state index contributed by atoms with van der Waals surface area (Å²) in [5.74, 6) is -0.832. The molecule has 3 aromatic rings. The maximum absolute atomic E-state index is 13.6. The number of carbonyl (C=O) groups excluding carboxylic acids is 3. The molecule has 0 radical (unpaired) electrons. The van der Waals surface area contributed by atoms with Gasteiger partial charge in [-0.05, 0) is 79.5 Å². The highest BCUT2D eigenvalue weighted by Gasteiger charge is 2.39. The predicted molar refractivity (Wildman–Crippen MR) is 147 cm³/mol. The third kappa shape index (κ3) is 8.09. The molecule has 8 nitrogen and oxygen atoms in total. The maximum Gasteiger partial charge on any atom is 0.435 e. The van der Waals surface area contributed by atoms with E-state index in [4.69, 9.17) is 16.3 Å². The Hall–Kier alpha value is -3.86. The number of amides is 2. The first-order chi connectivity index (χ1) is 19.5. The van der Waals surface area contributed by atoms with Crippen molar-refractivity contribution in [2.75, 3.05) is 19.0 Å². The van der Waals surface area contributed by atoms with Gasteiger partial charge in [0.05, 0.1) is 18.4 Å². The molecule has 0 aliphatic heterocycles. The molecule has 0 atom stereocenters. The molecular formula is C29H30ClF3N4O4. The van der Waals surface area contributed by atoms with E-state index in [2.05, 4.69) is 15.7 Å². The zero-order chi connectivity index (χ0) is 29.6. The van der Waals surface area contributed by atoms with Gasteiger partial charge in [0.1, 0.15) is 0 Å². The molecule has 218 valence electrons. The van der Waals surface area contributed by atoms with Crippen LogP contribution >= 0.6 is 11.6 Å². The molecule has 0 bridgehead atoms. The molecule has 12 heteroatoms. The number of anilines is 1. The average Bonchev–Trinajstić information content (AvgIpc) is 3.41. The summed E-state index contributed by atoms with van der Waals surface area (Å²) in [6, 6.07) is 13.5. The minimum absolute atomic E-state index is 0.135. The number of aromatic nitrogens is 2. The van der Waals surface area contributed by atoms with Crippen LogP contribution in [0.2, 0.25) is 5.02 Å². The summed E-state index contributed by atoms with van der Waals surface area (Å²) in [5.41, 5.74) is 0.0595. The Kier molecular flexibility index (Phi) is 9.69. The fraction of sp³-hybridized carbons (Fsp3) is 0.379. The molecule has 1 aromatic heterocycles. The van der Waals surface area contributed by atoms with E-state index in [0.717, 1.165) is 42.1 Å². The van der Waals surface area contributed by atoms with Crippen molar-refractivity contribution >= 4 is 35.1 Å². The van der Waals surface area contributed by atoms with Crippen LogP contribution in [0.25, 0.3) is 5.69 Å². The number of alkyl halides is 3. The highest BCUT2D eigenvalue weighted by molar-refractivity contribution is 6.30. The van der Waals surface area contributed by atoms with Crippen molar-refractivity contribution in [3.63, 3.8) is 0 Å². The summed E-state index contributed by atoms with van der Waals surface area (Å²) < 4.78 is 46.4. The Morgan fingerprint density at radius 1 is 1.02 bits per heavy atom. The lowest BCUT2D eigenvalue weighted by Gasteiger charge is -2.28. The van der Waals surface area contributed by atoms with E-state index in [0.29, 0.717) is 34.7 Å². The molecule has 0 saturated heterocycles. The second kappa shape index (κ2) is 13.2. The lowest BCUT2D eigenvalue weighted by atomic mass is 9.77. The minimum atomic E-state index is -4.85. The first-order valence-corrected chi connectivity index (χ1v) is 13.6. The fourth-order valence-electron chi connectivity index (χ4n) is 4.94. The second-order valence-corrected chi connectivity index (χ2v) is 10.4. The van der Waals surface area contributed by atoms with Crippen LogP contribution in [0.15, 0.2) is 54.7 Å². The lowest BCUT2D eigenvalue weighted by Crippen LogP contribution is -2.29. The number of nitrogens with zero attached hydrogens (tertiary/aromatic N) is 2. The molecule has 0 unspecified atom stereocenters. The first kappa shape index (κ1) is 30.1. The third-order valence-electron chi connectivity index (χ3n) is 7.15. The van der Waals surface area contributed by atoms with E-state index in [-0.39, 0.29) is 18.9 Å². The van der Waals surface area contributed by atoms with Crippen LogP contribution in [0, 0.1) is 5.92 Å². The zero-order valence-corrected chi connectivity index (χ0v) is 23.1. The Labute approximate surface area is 240 Å². The topological polar surface area (TPSA) is 102 Å². The number of hydrogen-bond donors (Lipinski definition) is 2. The first-order valence-electron chi connectivity index (χ1n) is 13.2. The molecule has 2 amide bonds. The average molecular weight is 591 g/mol. The van der Waals surface area contributed by atoms with E-state index in [9.17, 15) is 27.6 Å². The maximum atomic E-state index is 13.6. The number of methoxy groups -OCH3 is 1. The van der Waals surface area contributed by atoms with Crippen LogP contribution < -0.4 is 10.6 Å². The summed E-state index contributed by atoms with van der Waals surface area (Å²) in [4.78, 5) is 36.5. The third-order valence-corrected chi connectivity index (χ3v) is 7.40. The Morgan fingerprint density at radius 2 is 1.68 bits per heavy atom. The SMILES string of the molecule is COC(=O)C[C@H]1CC[C@H](c2ccc(NC(=O)CCNC(=O)c3cn(-c4ccc(Cl)cc4)nc3C(F)(F)F)cc2)CC1. The van der Waals surface area contributed by atoms with Gasteiger partial charge >= 0.3 is 12.1 Å². The molecule has 2 N–H and O–H groups in total. The zero-order valence-electron chi connectivity index (χ0n) is 22.3. The molecule has 41 heavy (non-hydrogen) atoms. The number of rotatable bonds is 9. The van der Waals surface area contributed by atoms with E-state index < -0.39 is 29.2 Å². The normalized spacial score (nSPS) is 17.1. The summed E-state index contributed by atoms with van der Waals surface area (Å²) in [6.07, 6.45) is 0.316. The fourth-order valence-corrected chi connectivity index (χ4v) is 5.07. The van der Waals surface area contributed by atoms with Gasteiger partial charge in [-0.25, -0.2) is 4.68 Å². The molecule has 1 aliphatic rings. The monoisotopic (exact) mass is 590 g/mol. The van der Waals surface area contributed by atoms with Crippen molar-refractivity contribution in [3.05, 3.63) is 76.6 Å². The number of nitrogens with one attached hydrogen (secondary N) is 2. The number of esters is 1. The highest BCUT2D eigenvalue weighted by atomic mass is 35.5. The smallest absolute Gasteiger partial charge is 0.435 e. The van der Waals surface area contributed by atoms with Crippen molar-refractivity contribution in [2.45, 2.75) is 50.6 Å². The van der Waals surface area contributed by atoms with Crippen molar-refractivity contribution in [1.29, 1.82) is 0 Å². The quantitative estimate of drug-likeness (QED) is 0.292. The molecule has 1 heterocycles. The molecule has 1 fully saturated rings. The van der Waals surface area contributed by atoms with Crippen LogP contribution in [0.1, 0.15) is 66.1 Å². The second-order valence-electron chi connectivity index (χ2n) is 9.98. The van der Waals surface area contributed by atoms with Gasteiger partial charge in [-0.2, -0.15) is 18.3 Å². The van der Waals surface area contributed by atoms with Crippen LogP contribution in [0.4, 0.5) is 18.9 Å². The Morgan fingerprint density at radius 3 is 2.29 bits per heavy atom. The number of benzene rings is 2. The predicted octanol–water partition coefficient (Wildman–Crippen LogP) is 6.14. The van der Waals surface area contributed by atoms with Crippen molar-refractivity contribution in [2.24, 2.45) is 5.92 Å². The summed E-state index contributed by atoms with van der Waals surface area (Å²) in [7, 11) is 1.40. The van der Waals surface area contributed by atoms with Gasteiger partial charge in [0, 0.05) is 36.3 Å². The van der Waals surface area contributed by atoms with Gasteiger partial charge in [-0.15, -0.1) is 0 Å². The highest BCUT2D eigenvalue weighted by Crippen LogP contribution is 2.37. The number of hydrogen-bond acceptors (Lipinski definition) is 5. The molecule has 4 rings (SSSR count). The van der Waals surface area contributed by atoms with E-state index in [1.807, 2.05) is 12.1 Å². The van der Waals surface area contributed by atoms with E-state index in [1.54, 1.807) is 12.1 Å². The Balaban J connectivity index is 1.27. The summed E-state index contributed by atoms with van der Waals surface area (Å²) >= 11 is 5.83. The number of halogens is 4. The van der Waals surface area contributed by atoms with Crippen molar-refractivity contribution in [3.8, 4) is 5.69 Å². The van der Waals surface area contributed by atoms with Crippen molar-refractivity contribution < 1.29 is 32.3 Å². The van der Waals surface area contributed by atoms with Gasteiger partial charge in [-0.1, -0.05) is 23.7 Å². The molecule has 1 saturated carbocycles. The van der Waals surface area contributed by atoms with Crippen LogP contribution in [0.3, 0.4) is 0 Å². The van der Waals surface area contributed by atoms with Crippen LogP contribution in [-0.4, -0.2) is 41.2 Å². The van der Waals surface area contributed by atoms with E-state index >= 15 is 0 Å². The summed E-state index contributed by atoms with van der Waals surface area (Å²) in [5, 5.41) is 9.06. The van der Waals surface area contributed by atoms with Gasteiger partial charge in [0.15, 0.2) is 5.69 Å². The largest absolute Gasteiger partial charge is 0.469 e. The molecular weight excluding hydrogens is 561 g/mol. The summed E-state index contributed by atoms with van der Waals surface area (Å²) in [6.45, 7) is -0.166. The Bertz CT molecular complexity index is 1370. The van der Waals surface area contributed by atoms with Gasteiger partial charge < -0.3 is 15.4 Å². The molecule has 0 spiro atoms. The van der Waals surface area contributed by atoms with E-state index in [1.165, 1.54) is 31.4 Å². The van der Waals surface area contributed by atoms with Crippen LogP contribution in [-0.2, 0) is 20.5 Å². The van der Waals surface area contributed by atoms with Gasteiger partial charge in [0.25, 0.3) is 5.91 Å². The number of carbonyl (C=O) groups is 3. The molecule has 2 aromatic carbocycles. The van der Waals surface area contributed by atoms with Gasteiger partial charge in [0.2, 0.25) is 5.91 Å². The number of ether oxygens (including phenoxy) is 1. The molecule has 1 aliphatic carbocycles.